The molecule has 0 spiro atoms. The minimum absolute atomic E-state index is 0.559. The second-order valence-corrected chi connectivity index (χ2v) is 6.30. The number of fused-ring (bicyclic) bond motifs is 2. The van der Waals surface area contributed by atoms with Gasteiger partial charge in [0.05, 0.1) is 5.39 Å². The first-order valence-corrected chi connectivity index (χ1v) is 8.11. The zero-order valence-electron chi connectivity index (χ0n) is 12.2. The van der Waals surface area contributed by atoms with Crippen LogP contribution in [0.3, 0.4) is 0 Å². The summed E-state index contributed by atoms with van der Waals surface area (Å²) in [5, 5.41) is 3.46. The molecule has 2 aromatic carbocycles. The Labute approximate surface area is 132 Å². The van der Waals surface area contributed by atoms with E-state index in [1.807, 2.05) is 0 Å². The first-order valence-electron chi connectivity index (χ1n) is 7.29. The molecule has 0 aliphatic carbocycles. The van der Waals surface area contributed by atoms with Crippen LogP contribution in [0.25, 0.3) is 32.1 Å². The Morgan fingerprint density at radius 1 is 1.05 bits per heavy atom. The predicted octanol–water partition coefficient (Wildman–Crippen LogP) is 4.66. The third kappa shape index (κ3) is 1.88. The highest BCUT2D eigenvalue weighted by Gasteiger charge is 2.18. The van der Waals surface area contributed by atoms with E-state index in [2.05, 4.69) is 59.4 Å². The van der Waals surface area contributed by atoms with E-state index in [0.717, 1.165) is 16.6 Å². The normalized spacial score (nSPS) is 11.3. The van der Waals surface area contributed by atoms with Crippen LogP contribution in [0.2, 0.25) is 0 Å². The van der Waals surface area contributed by atoms with Crippen molar-refractivity contribution in [2.75, 3.05) is 5.73 Å². The van der Waals surface area contributed by atoms with Crippen LogP contribution in [-0.2, 0) is 6.42 Å². The minimum Gasteiger partial charge on any atom is -0.383 e. The number of aromatic nitrogens is 2. The maximum atomic E-state index is 6.16. The molecule has 22 heavy (non-hydrogen) atoms. The maximum Gasteiger partial charge on any atom is 0.136 e. The number of rotatable bonds is 2. The van der Waals surface area contributed by atoms with Crippen LogP contribution < -0.4 is 5.73 Å². The van der Waals surface area contributed by atoms with Gasteiger partial charge in [-0.2, -0.15) is 0 Å². The Balaban J connectivity index is 2.16. The summed E-state index contributed by atoms with van der Waals surface area (Å²) in [4.78, 5) is 10.9. The van der Waals surface area contributed by atoms with E-state index >= 15 is 0 Å². The van der Waals surface area contributed by atoms with Crippen molar-refractivity contribution in [3.8, 4) is 11.1 Å². The smallest absolute Gasteiger partial charge is 0.136 e. The van der Waals surface area contributed by atoms with Crippen LogP contribution in [0.15, 0.2) is 48.8 Å². The van der Waals surface area contributed by atoms with Gasteiger partial charge in [-0.25, -0.2) is 9.97 Å². The summed E-state index contributed by atoms with van der Waals surface area (Å²) in [5.74, 6) is 0.559. The molecule has 0 saturated carbocycles. The lowest BCUT2D eigenvalue weighted by molar-refractivity contribution is 1.19. The standard InChI is InChI=1S/C18H15N3S/c1-2-14-15(16-17(19)20-10-21-18(16)22-14)13-9-5-7-11-6-3-4-8-12(11)13/h3-10H,2H2,1H3,(H2,19,20,21). The van der Waals surface area contributed by atoms with Gasteiger partial charge in [0.2, 0.25) is 0 Å². The monoisotopic (exact) mass is 305 g/mol. The zero-order chi connectivity index (χ0) is 15.1. The van der Waals surface area contributed by atoms with Crippen LogP contribution in [0.1, 0.15) is 11.8 Å². The Morgan fingerprint density at radius 2 is 1.86 bits per heavy atom. The molecule has 4 rings (SSSR count). The number of aryl methyl sites for hydroxylation is 1. The SMILES string of the molecule is CCc1sc2ncnc(N)c2c1-c1cccc2ccccc12. The second kappa shape index (κ2) is 5.07. The molecule has 4 aromatic rings. The Kier molecular flexibility index (Phi) is 3.05. The Hall–Kier alpha value is -2.46. The highest BCUT2D eigenvalue weighted by atomic mass is 32.1. The molecule has 0 fully saturated rings. The molecule has 0 atom stereocenters. The van der Waals surface area contributed by atoms with Crippen LogP contribution in [0.4, 0.5) is 5.82 Å². The molecule has 4 heteroatoms. The quantitative estimate of drug-likeness (QED) is 0.586. The largest absolute Gasteiger partial charge is 0.383 e. The number of nitrogens with zero attached hydrogens (tertiary/aromatic N) is 2. The van der Waals surface area contributed by atoms with E-state index in [1.54, 1.807) is 17.7 Å². The number of nitrogen functional groups attached to an aromatic ring is 1. The number of nitrogens with two attached hydrogens (primary N) is 1. The lowest BCUT2D eigenvalue weighted by Crippen LogP contribution is -1.93. The fraction of sp³-hybridized carbons (Fsp3) is 0.111. The lowest BCUT2D eigenvalue weighted by atomic mass is 9.96. The van der Waals surface area contributed by atoms with Crippen molar-refractivity contribution >= 4 is 38.1 Å². The van der Waals surface area contributed by atoms with Crippen molar-refractivity contribution in [1.82, 2.24) is 9.97 Å². The van der Waals surface area contributed by atoms with E-state index in [-0.39, 0.29) is 0 Å². The van der Waals surface area contributed by atoms with Gasteiger partial charge >= 0.3 is 0 Å². The molecule has 0 aliphatic rings. The summed E-state index contributed by atoms with van der Waals surface area (Å²) < 4.78 is 0. The van der Waals surface area contributed by atoms with Crippen LogP contribution in [-0.4, -0.2) is 9.97 Å². The van der Waals surface area contributed by atoms with Crippen molar-refractivity contribution < 1.29 is 0 Å². The number of hydrogen-bond acceptors (Lipinski definition) is 4. The van der Waals surface area contributed by atoms with Crippen LogP contribution >= 0.6 is 11.3 Å². The number of thiophene rings is 1. The summed E-state index contributed by atoms with van der Waals surface area (Å²) in [7, 11) is 0. The maximum absolute atomic E-state index is 6.16. The minimum atomic E-state index is 0.559. The molecule has 2 N–H and O–H groups in total. The van der Waals surface area contributed by atoms with E-state index in [9.17, 15) is 0 Å². The van der Waals surface area contributed by atoms with E-state index in [4.69, 9.17) is 5.73 Å². The van der Waals surface area contributed by atoms with Gasteiger partial charge in [-0.15, -0.1) is 11.3 Å². The van der Waals surface area contributed by atoms with Crippen molar-refractivity contribution in [3.63, 3.8) is 0 Å². The third-order valence-corrected chi connectivity index (χ3v) is 5.21. The van der Waals surface area contributed by atoms with Gasteiger partial charge in [0.1, 0.15) is 17.0 Å². The fourth-order valence-electron chi connectivity index (χ4n) is 2.98. The van der Waals surface area contributed by atoms with Crippen molar-refractivity contribution in [2.45, 2.75) is 13.3 Å². The van der Waals surface area contributed by atoms with E-state index in [1.165, 1.54) is 26.8 Å². The first kappa shape index (κ1) is 13.2. The molecule has 108 valence electrons. The molecule has 2 aromatic heterocycles. The molecular formula is C18H15N3S. The van der Waals surface area contributed by atoms with Crippen molar-refractivity contribution in [3.05, 3.63) is 53.7 Å². The zero-order valence-corrected chi connectivity index (χ0v) is 13.0. The Bertz CT molecular complexity index is 983. The Morgan fingerprint density at radius 3 is 2.73 bits per heavy atom. The number of benzene rings is 2. The topological polar surface area (TPSA) is 51.8 Å². The van der Waals surface area contributed by atoms with E-state index < -0.39 is 0 Å². The molecule has 3 nitrogen and oxygen atoms in total. The second-order valence-electron chi connectivity index (χ2n) is 5.22. The predicted molar refractivity (Wildman–Crippen MR) is 94.1 cm³/mol. The molecule has 0 amide bonds. The van der Waals surface area contributed by atoms with Crippen LogP contribution in [0, 0.1) is 0 Å². The van der Waals surface area contributed by atoms with Crippen molar-refractivity contribution in [1.29, 1.82) is 0 Å². The fourth-order valence-corrected chi connectivity index (χ4v) is 4.08. The summed E-state index contributed by atoms with van der Waals surface area (Å²) in [5.41, 5.74) is 8.56. The molecule has 0 unspecified atom stereocenters. The molecule has 0 radical (unpaired) electrons. The number of anilines is 1. The molecule has 0 aliphatic heterocycles. The summed E-state index contributed by atoms with van der Waals surface area (Å²) in [6.45, 7) is 2.17. The van der Waals surface area contributed by atoms with Gasteiger partial charge in [0.15, 0.2) is 0 Å². The van der Waals surface area contributed by atoms with Crippen LogP contribution in [0.5, 0.6) is 0 Å². The van der Waals surface area contributed by atoms with Gasteiger partial charge in [-0.05, 0) is 22.8 Å². The summed E-state index contributed by atoms with van der Waals surface area (Å²) >= 11 is 1.71. The highest BCUT2D eigenvalue weighted by Crippen LogP contribution is 2.42. The average molecular weight is 305 g/mol. The molecule has 0 saturated heterocycles. The number of hydrogen-bond donors (Lipinski definition) is 1. The third-order valence-electron chi connectivity index (χ3n) is 3.97. The van der Waals surface area contributed by atoms with Gasteiger partial charge in [-0.1, -0.05) is 49.4 Å². The molecule has 0 bridgehead atoms. The van der Waals surface area contributed by atoms with Crippen molar-refractivity contribution in [2.24, 2.45) is 0 Å². The molecule has 2 heterocycles. The lowest BCUT2D eigenvalue weighted by Gasteiger charge is -2.09. The van der Waals surface area contributed by atoms with Gasteiger partial charge in [0.25, 0.3) is 0 Å². The van der Waals surface area contributed by atoms with Gasteiger partial charge in [-0.3, -0.25) is 0 Å². The van der Waals surface area contributed by atoms with E-state index in [0.29, 0.717) is 5.82 Å². The first-order chi connectivity index (χ1) is 10.8. The van der Waals surface area contributed by atoms with Gasteiger partial charge < -0.3 is 5.73 Å². The average Bonchev–Trinajstić information content (AvgIpc) is 2.94. The highest BCUT2D eigenvalue weighted by molar-refractivity contribution is 7.19. The summed E-state index contributed by atoms with van der Waals surface area (Å²) in [6.07, 6.45) is 2.50. The van der Waals surface area contributed by atoms with Gasteiger partial charge in [0, 0.05) is 10.4 Å². The summed E-state index contributed by atoms with van der Waals surface area (Å²) in [6, 6.07) is 14.8. The molecular weight excluding hydrogens is 290 g/mol.